The Morgan fingerprint density at radius 3 is 2.60 bits per heavy atom. The van der Waals surface area contributed by atoms with Crippen molar-refractivity contribution in [2.24, 2.45) is 5.92 Å². The highest BCUT2D eigenvalue weighted by Crippen LogP contribution is 2.24. The van der Waals surface area contributed by atoms with Gasteiger partial charge >= 0.3 is 0 Å². The molecule has 0 spiro atoms. The lowest BCUT2D eigenvalue weighted by molar-refractivity contribution is 0.159. The van der Waals surface area contributed by atoms with Gasteiger partial charge in [0.05, 0.1) is 11.5 Å². The fourth-order valence-electron chi connectivity index (χ4n) is 2.86. The molecule has 2 aliphatic rings. The SMILES string of the molecule is CC1CS(=O)(=O)CCN1S(=O)(=O)N1CCCC(CO)C1. The van der Waals surface area contributed by atoms with Crippen LogP contribution in [-0.4, -0.2) is 74.3 Å². The summed E-state index contributed by atoms with van der Waals surface area (Å²) in [4.78, 5) is 0. The number of piperidine rings is 1. The topological polar surface area (TPSA) is 95.0 Å². The summed E-state index contributed by atoms with van der Waals surface area (Å²) in [7, 11) is -6.77. The number of nitrogens with zero attached hydrogens (tertiary/aromatic N) is 2. The van der Waals surface area contributed by atoms with Gasteiger partial charge < -0.3 is 5.11 Å². The highest BCUT2D eigenvalue weighted by atomic mass is 32.2. The van der Waals surface area contributed by atoms with E-state index in [1.807, 2.05) is 0 Å². The zero-order valence-corrected chi connectivity index (χ0v) is 13.2. The fraction of sp³-hybridized carbons (Fsp3) is 1.00. The lowest BCUT2D eigenvalue weighted by Crippen LogP contribution is -2.56. The molecule has 20 heavy (non-hydrogen) atoms. The van der Waals surface area contributed by atoms with Crippen molar-refractivity contribution in [3.63, 3.8) is 0 Å². The van der Waals surface area contributed by atoms with Gasteiger partial charge in [-0.3, -0.25) is 0 Å². The van der Waals surface area contributed by atoms with E-state index >= 15 is 0 Å². The molecule has 0 aromatic rings. The summed E-state index contributed by atoms with van der Waals surface area (Å²) in [6.07, 6.45) is 1.55. The lowest BCUT2D eigenvalue weighted by Gasteiger charge is -2.38. The number of hydrogen-bond acceptors (Lipinski definition) is 5. The highest BCUT2D eigenvalue weighted by molar-refractivity contribution is 7.91. The van der Waals surface area contributed by atoms with Gasteiger partial charge in [0.1, 0.15) is 0 Å². The molecule has 1 N–H and O–H groups in total. The van der Waals surface area contributed by atoms with Crippen molar-refractivity contribution in [1.29, 1.82) is 0 Å². The molecule has 0 radical (unpaired) electrons. The Bertz CT molecular complexity index is 545. The molecule has 2 heterocycles. The normalized spacial score (nSPS) is 33.1. The minimum absolute atomic E-state index is 0.0179. The van der Waals surface area contributed by atoms with E-state index < -0.39 is 26.1 Å². The highest BCUT2D eigenvalue weighted by Gasteiger charge is 2.40. The molecule has 7 nitrogen and oxygen atoms in total. The number of sulfone groups is 1. The third-order valence-corrected chi connectivity index (χ3v) is 7.89. The van der Waals surface area contributed by atoms with Crippen molar-refractivity contribution in [2.45, 2.75) is 25.8 Å². The third-order valence-electron chi connectivity index (χ3n) is 3.97. The van der Waals surface area contributed by atoms with Crippen LogP contribution in [0, 0.1) is 5.92 Å². The minimum Gasteiger partial charge on any atom is -0.396 e. The second-order valence-electron chi connectivity index (χ2n) is 5.63. The van der Waals surface area contributed by atoms with Crippen molar-refractivity contribution in [3.05, 3.63) is 0 Å². The van der Waals surface area contributed by atoms with Crippen LogP contribution in [0.25, 0.3) is 0 Å². The van der Waals surface area contributed by atoms with E-state index in [2.05, 4.69) is 0 Å². The maximum Gasteiger partial charge on any atom is 0.282 e. The molecule has 0 aromatic heterocycles. The number of rotatable bonds is 3. The van der Waals surface area contributed by atoms with Crippen molar-refractivity contribution in [2.75, 3.05) is 37.7 Å². The van der Waals surface area contributed by atoms with Crippen LogP contribution in [0.4, 0.5) is 0 Å². The second-order valence-corrected chi connectivity index (χ2v) is 9.74. The molecule has 118 valence electrons. The van der Waals surface area contributed by atoms with Crippen molar-refractivity contribution >= 4 is 20.0 Å². The first-order chi connectivity index (χ1) is 9.26. The second kappa shape index (κ2) is 5.88. The van der Waals surface area contributed by atoms with Crippen LogP contribution in [0.15, 0.2) is 0 Å². The monoisotopic (exact) mass is 326 g/mol. The first kappa shape index (κ1) is 16.2. The van der Waals surface area contributed by atoms with Gasteiger partial charge in [-0.05, 0) is 25.7 Å². The van der Waals surface area contributed by atoms with Crippen molar-refractivity contribution in [1.82, 2.24) is 8.61 Å². The van der Waals surface area contributed by atoms with E-state index in [-0.39, 0.29) is 30.6 Å². The number of hydrogen-bond donors (Lipinski definition) is 1. The molecule has 0 saturated carbocycles. The average Bonchev–Trinajstić information content (AvgIpc) is 2.37. The van der Waals surface area contributed by atoms with E-state index in [9.17, 15) is 21.9 Å². The van der Waals surface area contributed by atoms with E-state index in [0.29, 0.717) is 13.1 Å². The third kappa shape index (κ3) is 3.33. The van der Waals surface area contributed by atoms with Gasteiger partial charge in [0.15, 0.2) is 9.84 Å². The van der Waals surface area contributed by atoms with Gasteiger partial charge in [0, 0.05) is 32.3 Å². The molecule has 2 atom stereocenters. The zero-order valence-electron chi connectivity index (χ0n) is 11.6. The molecule has 2 unspecified atom stereocenters. The summed E-state index contributed by atoms with van der Waals surface area (Å²) in [6, 6.07) is -0.534. The van der Waals surface area contributed by atoms with Gasteiger partial charge in [-0.1, -0.05) is 0 Å². The van der Waals surface area contributed by atoms with E-state index in [4.69, 9.17) is 0 Å². The Kier molecular flexibility index (Phi) is 4.75. The predicted molar refractivity (Wildman–Crippen MR) is 75.1 cm³/mol. The zero-order chi connectivity index (χ0) is 15.0. The van der Waals surface area contributed by atoms with Crippen LogP contribution in [0.5, 0.6) is 0 Å². The first-order valence-corrected chi connectivity index (χ1v) is 10.1. The van der Waals surface area contributed by atoms with E-state index in [1.165, 1.54) is 8.61 Å². The Labute approximate surface area is 120 Å². The first-order valence-electron chi connectivity index (χ1n) is 6.84. The number of aliphatic hydroxyl groups excluding tert-OH is 1. The average molecular weight is 326 g/mol. The van der Waals surface area contributed by atoms with Gasteiger partial charge in [-0.2, -0.15) is 17.0 Å². The van der Waals surface area contributed by atoms with E-state index in [0.717, 1.165) is 12.8 Å². The Morgan fingerprint density at radius 2 is 2.00 bits per heavy atom. The standard InChI is InChI=1S/C11H22N2O5S2/c1-10-9-19(15,16)6-5-13(10)20(17,18)12-4-2-3-11(7-12)8-14/h10-11,14H,2-9H2,1H3. The van der Waals surface area contributed by atoms with Crippen LogP contribution in [0.2, 0.25) is 0 Å². The molecular formula is C11H22N2O5S2. The molecule has 2 aliphatic heterocycles. The summed E-state index contributed by atoms with van der Waals surface area (Å²) in [5.74, 6) is -0.264. The smallest absolute Gasteiger partial charge is 0.282 e. The van der Waals surface area contributed by atoms with Crippen LogP contribution in [-0.2, 0) is 20.0 Å². The van der Waals surface area contributed by atoms with Gasteiger partial charge in [-0.15, -0.1) is 0 Å². The maximum absolute atomic E-state index is 12.6. The Morgan fingerprint density at radius 1 is 1.30 bits per heavy atom. The summed E-state index contributed by atoms with van der Waals surface area (Å²) in [5, 5.41) is 9.19. The predicted octanol–water partition coefficient (Wildman–Crippen LogP) is -0.946. The molecule has 2 rings (SSSR count). The van der Waals surface area contributed by atoms with Crippen LogP contribution in [0.1, 0.15) is 19.8 Å². The summed E-state index contributed by atoms with van der Waals surface area (Å²) < 4.78 is 50.9. The quantitative estimate of drug-likeness (QED) is 0.722. The van der Waals surface area contributed by atoms with Crippen molar-refractivity contribution < 1.29 is 21.9 Å². The molecule has 0 aromatic carbocycles. The molecule has 9 heteroatoms. The molecular weight excluding hydrogens is 304 g/mol. The maximum atomic E-state index is 12.6. The fourth-order valence-corrected chi connectivity index (χ4v) is 6.53. The minimum atomic E-state index is -3.64. The largest absolute Gasteiger partial charge is 0.396 e. The molecule has 0 bridgehead atoms. The Balaban J connectivity index is 2.14. The number of aliphatic hydroxyl groups is 1. The van der Waals surface area contributed by atoms with Crippen molar-refractivity contribution in [3.8, 4) is 0 Å². The van der Waals surface area contributed by atoms with Crippen LogP contribution in [0.3, 0.4) is 0 Å². The summed E-state index contributed by atoms with van der Waals surface area (Å²) >= 11 is 0. The lowest BCUT2D eigenvalue weighted by atomic mass is 10.0. The molecule has 0 aliphatic carbocycles. The Hall–Kier alpha value is -0.220. The van der Waals surface area contributed by atoms with Gasteiger partial charge in [0.25, 0.3) is 10.2 Å². The van der Waals surface area contributed by atoms with E-state index in [1.54, 1.807) is 6.92 Å². The molecule has 2 saturated heterocycles. The van der Waals surface area contributed by atoms with Gasteiger partial charge in [-0.25, -0.2) is 8.42 Å². The van der Waals surface area contributed by atoms with Gasteiger partial charge in [0.2, 0.25) is 0 Å². The van der Waals surface area contributed by atoms with Crippen LogP contribution >= 0.6 is 0 Å². The molecule has 2 fully saturated rings. The summed E-state index contributed by atoms with van der Waals surface area (Å²) in [6.45, 7) is 2.38. The summed E-state index contributed by atoms with van der Waals surface area (Å²) in [5.41, 5.74) is 0. The van der Waals surface area contributed by atoms with Crippen LogP contribution < -0.4 is 0 Å². The molecule has 0 amide bonds.